The molecule has 3 amide bonds. The second-order valence-corrected chi connectivity index (χ2v) is 9.54. The molecule has 0 aromatic heterocycles. The van der Waals surface area contributed by atoms with Gasteiger partial charge in [-0.1, -0.05) is 13.8 Å². The number of nitrogen functional groups attached to an aromatic ring is 1. The minimum Gasteiger partial charge on any atom is -0.399 e. The van der Waals surface area contributed by atoms with Gasteiger partial charge in [0.2, 0.25) is 5.91 Å². The third-order valence-corrected chi connectivity index (χ3v) is 6.68. The van der Waals surface area contributed by atoms with E-state index in [1.807, 2.05) is 13.8 Å². The van der Waals surface area contributed by atoms with Gasteiger partial charge >= 0.3 is 0 Å². The fraction of sp³-hybridized carbons (Fsp3) is 0.583. The molecule has 0 saturated carbocycles. The van der Waals surface area contributed by atoms with E-state index in [4.69, 9.17) is 10.5 Å². The van der Waals surface area contributed by atoms with Crippen molar-refractivity contribution in [3.05, 3.63) is 29.8 Å². The normalized spacial score (nSPS) is 25.4. The molecule has 3 aliphatic rings. The molecule has 4 atom stereocenters. The second-order valence-electron chi connectivity index (χ2n) is 9.54. The molecule has 4 rings (SSSR count). The average molecular weight is 457 g/mol. The van der Waals surface area contributed by atoms with Gasteiger partial charge in [0.25, 0.3) is 11.8 Å². The fourth-order valence-electron chi connectivity index (χ4n) is 5.08. The summed E-state index contributed by atoms with van der Waals surface area (Å²) in [4.78, 5) is 55.3. The summed E-state index contributed by atoms with van der Waals surface area (Å²) < 4.78 is 5.52. The van der Waals surface area contributed by atoms with Gasteiger partial charge in [-0.3, -0.25) is 19.2 Å². The Hall–Kier alpha value is -2.94. The van der Waals surface area contributed by atoms with Gasteiger partial charge in [0.1, 0.15) is 18.2 Å². The van der Waals surface area contributed by atoms with Crippen molar-refractivity contribution < 1.29 is 23.9 Å². The van der Waals surface area contributed by atoms with Gasteiger partial charge in [0, 0.05) is 24.4 Å². The molecule has 3 N–H and O–H groups in total. The predicted molar refractivity (Wildman–Crippen MR) is 121 cm³/mol. The van der Waals surface area contributed by atoms with Crippen LogP contribution in [0.25, 0.3) is 0 Å². The van der Waals surface area contributed by atoms with Crippen LogP contribution in [0, 0.1) is 5.92 Å². The summed E-state index contributed by atoms with van der Waals surface area (Å²) in [6, 6.07) is 4.75. The van der Waals surface area contributed by atoms with Crippen molar-refractivity contribution in [3.63, 3.8) is 0 Å². The molecule has 178 valence electrons. The number of rotatable bonds is 6. The van der Waals surface area contributed by atoms with E-state index < -0.39 is 18.2 Å². The van der Waals surface area contributed by atoms with Crippen molar-refractivity contribution in [2.75, 3.05) is 25.4 Å². The minimum atomic E-state index is -0.760. The highest BCUT2D eigenvalue weighted by molar-refractivity contribution is 6.01. The molecule has 1 aromatic carbocycles. The number of ether oxygens (including phenoxy) is 1. The van der Waals surface area contributed by atoms with Gasteiger partial charge in [-0.2, -0.15) is 0 Å². The molecule has 0 aliphatic carbocycles. The molecule has 33 heavy (non-hydrogen) atoms. The minimum absolute atomic E-state index is 0.00442. The van der Waals surface area contributed by atoms with Gasteiger partial charge < -0.3 is 25.6 Å². The zero-order chi connectivity index (χ0) is 23.7. The fourth-order valence-corrected chi connectivity index (χ4v) is 5.08. The number of benzene rings is 1. The number of carbonyl (C=O) groups is 4. The summed E-state index contributed by atoms with van der Waals surface area (Å²) in [6.07, 6.45) is 1.99. The Bertz CT molecular complexity index is 925. The van der Waals surface area contributed by atoms with Crippen LogP contribution in [0.4, 0.5) is 5.69 Å². The van der Waals surface area contributed by atoms with Crippen molar-refractivity contribution in [1.29, 1.82) is 0 Å². The molecule has 3 aliphatic heterocycles. The second kappa shape index (κ2) is 9.51. The maximum absolute atomic E-state index is 13.5. The number of likely N-dealkylation sites (tertiary alicyclic amines) is 2. The van der Waals surface area contributed by atoms with Gasteiger partial charge in [-0.25, -0.2) is 0 Å². The number of nitrogens with one attached hydrogen (secondary N) is 1. The molecular weight excluding hydrogens is 424 g/mol. The van der Waals surface area contributed by atoms with Gasteiger partial charge in [0.05, 0.1) is 12.6 Å². The van der Waals surface area contributed by atoms with E-state index in [-0.39, 0.29) is 42.0 Å². The number of anilines is 1. The number of carbonyl (C=O) groups excluding carboxylic acids is 4. The Morgan fingerprint density at radius 1 is 1.15 bits per heavy atom. The Morgan fingerprint density at radius 3 is 2.52 bits per heavy atom. The van der Waals surface area contributed by atoms with Crippen LogP contribution in [0.15, 0.2) is 24.3 Å². The lowest BCUT2D eigenvalue weighted by Gasteiger charge is -2.29. The van der Waals surface area contributed by atoms with E-state index in [9.17, 15) is 19.2 Å². The highest BCUT2D eigenvalue weighted by Crippen LogP contribution is 2.32. The lowest BCUT2D eigenvalue weighted by atomic mass is 10.0. The van der Waals surface area contributed by atoms with Crippen LogP contribution < -0.4 is 11.1 Å². The van der Waals surface area contributed by atoms with Gasteiger partial charge in [-0.15, -0.1) is 0 Å². The van der Waals surface area contributed by atoms with Crippen LogP contribution in [0.3, 0.4) is 0 Å². The lowest BCUT2D eigenvalue weighted by Crippen LogP contribution is -2.53. The van der Waals surface area contributed by atoms with Gasteiger partial charge in [-0.05, 0) is 55.9 Å². The first-order valence-corrected chi connectivity index (χ1v) is 11.7. The van der Waals surface area contributed by atoms with Crippen LogP contribution in [0.2, 0.25) is 0 Å². The molecule has 9 heteroatoms. The first-order valence-electron chi connectivity index (χ1n) is 11.7. The standard InChI is InChI=1S/C24H32N4O5/c1-14(2)12-17(26-22(30)15-5-7-16(25)8-6-15)23(31)27-10-9-18-21(27)19(29)13-28(18)24(32)20-4-3-11-33-20/h5-8,14,17-18,20-21H,3-4,9-13,25H2,1-2H3,(H,26,30). The Kier molecular flexibility index (Phi) is 6.69. The molecule has 0 radical (unpaired) electrons. The summed E-state index contributed by atoms with van der Waals surface area (Å²) in [5.41, 5.74) is 6.66. The molecule has 0 spiro atoms. The first kappa shape index (κ1) is 23.2. The quantitative estimate of drug-likeness (QED) is 0.615. The van der Waals surface area contributed by atoms with Crippen LogP contribution in [-0.4, -0.2) is 77.2 Å². The number of hydrogen-bond acceptors (Lipinski definition) is 6. The number of nitrogens with two attached hydrogens (primary N) is 1. The molecule has 3 saturated heterocycles. The number of hydrogen-bond donors (Lipinski definition) is 2. The molecular formula is C24H32N4O5. The monoisotopic (exact) mass is 456 g/mol. The summed E-state index contributed by atoms with van der Waals surface area (Å²) in [5, 5.41) is 2.85. The summed E-state index contributed by atoms with van der Waals surface area (Å²) >= 11 is 0. The van der Waals surface area contributed by atoms with Crippen molar-refractivity contribution in [2.24, 2.45) is 5.92 Å². The van der Waals surface area contributed by atoms with E-state index >= 15 is 0 Å². The van der Waals surface area contributed by atoms with Crippen molar-refractivity contribution in [2.45, 2.75) is 63.8 Å². The summed E-state index contributed by atoms with van der Waals surface area (Å²) in [5.74, 6) is -0.776. The SMILES string of the molecule is CC(C)CC(NC(=O)c1ccc(N)cc1)C(=O)N1CCC2C1C(=O)CN2C(=O)C1CCCO1. The van der Waals surface area contributed by atoms with Crippen molar-refractivity contribution in [3.8, 4) is 0 Å². The molecule has 3 fully saturated rings. The van der Waals surface area contributed by atoms with Crippen molar-refractivity contribution in [1.82, 2.24) is 15.1 Å². The van der Waals surface area contributed by atoms with Crippen LogP contribution in [0.5, 0.6) is 0 Å². The summed E-state index contributed by atoms with van der Waals surface area (Å²) in [6.45, 7) is 4.89. The number of nitrogens with zero attached hydrogens (tertiary/aromatic N) is 2. The Labute approximate surface area is 193 Å². The number of fused-ring (bicyclic) bond motifs is 1. The maximum Gasteiger partial charge on any atom is 0.252 e. The zero-order valence-corrected chi connectivity index (χ0v) is 19.2. The lowest BCUT2D eigenvalue weighted by molar-refractivity contribution is -0.142. The van der Waals surface area contributed by atoms with Crippen LogP contribution in [0.1, 0.15) is 49.9 Å². The smallest absolute Gasteiger partial charge is 0.252 e. The maximum atomic E-state index is 13.5. The molecule has 9 nitrogen and oxygen atoms in total. The molecule has 1 aromatic rings. The highest BCUT2D eigenvalue weighted by atomic mass is 16.5. The molecule has 4 unspecified atom stereocenters. The Balaban J connectivity index is 1.48. The first-order chi connectivity index (χ1) is 15.8. The van der Waals surface area contributed by atoms with Crippen molar-refractivity contribution >= 4 is 29.2 Å². The van der Waals surface area contributed by atoms with Crippen LogP contribution >= 0.6 is 0 Å². The third kappa shape index (κ3) is 4.73. The number of Topliss-reactive ketones (excluding diaryl/α,β-unsaturated/α-hetero) is 1. The largest absolute Gasteiger partial charge is 0.399 e. The third-order valence-electron chi connectivity index (χ3n) is 6.68. The van der Waals surface area contributed by atoms with E-state index in [1.165, 1.54) is 0 Å². The molecule has 3 heterocycles. The molecule has 0 bridgehead atoms. The number of amides is 3. The average Bonchev–Trinajstić information content (AvgIpc) is 3.51. The summed E-state index contributed by atoms with van der Waals surface area (Å²) in [7, 11) is 0. The highest BCUT2D eigenvalue weighted by Gasteiger charge is 2.53. The Morgan fingerprint density at radius 2 is 1.88 bits per heavy atom. The zero-order valence-electron chi connectivity index (χ0n) is 19.2. The van der Waals surface area contributed by atoms with E-state index in [1.54, 1.807) is 34.1 Å². The number of ketones is 1. The van der Waals surface area contributed by atoms with E-state index in [2.05, 4.69) is 5.32 Å². The predicted octanol–water partition coefficient (Wildman–Crippen LogP) is 0.973. The van der Waals surface area contributed by atoms with E-state index in [0.29, 0.717) is 43.7 Å². The van der Waals surface area contributed by atoms with E-state index in [0.717, 1.165) is 6.42 Å². The topological polar surface area (TPSA) is 122 Å². The van der Waals surface area contributed by atoms with Gasteiger partial charge in [0.15, 0.2) is 5.78 Å². The van der Waals surface area contributed by atoms with Crippen LogP contribution in [-0.2, 0) is 19.1 Å².